The van der Waals surface area contributed by atoms with Crippen molar-refractivity contribution in [2.45, 2.75) is 32.6 Å². The molecule has 1 atom stereocenters. The molecular weight excluding hydrogens is 463 g/mol. The molecule has 1 unspecified atom stereocenters. The van der Waals surface area contributed by atoms with Crippen molar-refractivity contribution < 1.29 is 4.79 Å². The van der Waals surface area contributed by atoms with Crippen LogP contribution in [0, 0.1) is 13.8 Å². The molecule has 2 aromatic carbocycles. The van der Waals surface area contributed by atoms with Crippen LogP contribution < -0.4 is 16.0 Å². The number of aryl methyl sites for hydroxylation is 2. The van der Waals surface area contributed by atoms with Gasteiger partial charge in [-0.2, -0.15) is 0 Å². The van der Waals surface area contributed by atoms with Crippen molar-refractivity contribution in [2.75, 3.05) is 25.5 Å². The molecular formula is C22H29IN4O. The molecule has 150 valence electrons. The lowest BCUT2D eigenvalue weighted by Crippen LogP contribution is -2.41. The van der Waals surface area contributed by atoms with Crippen LogP contribution in [0.5, 0.6) is 0 Å². The molecule has 0 bridgehead atoms. The molecule has 0 aliphatic carbocycles. The van der Waals surface area contributed by atoms with Crippen molar-refractivity contribution >= 4 is 41.5 Å². The first-order chi connectivity index (χ1) is 13.1. The second-order valence-corrected chi connectivity index (χ2v) is 7.10. The minimum Gasteiger partial charge on any atom is -0.356 e. The van der Waals surface area contributed by atoms with Gasteiger partial charge in [0.25, 0.3) is 0 Å². The van der Waals surface area contributed by atoms with E-state index in [1.807, 2.05) is 18.2 Å². The van der Waals surface area contributed by atoms with Crippen LogP contribution in [-0.2, 0) is 11.2 Å². The Labute approximate surface area is 184 Å². The van der Waals surface area contributed by atoms with E-state index in [-0.39, 0.29) is 35.8 Å². The summed E-state index contributed by atoms with van der Waals surface area (Å²) in [4.78, 5) is 16.3. The van der Waals surface area contributed by atoms with Gasteiger partial charge in [0, 0.05) is 38.2 Å². The number of hydrogen-bond acceptors (Lipinski definition) is 2. The largest absolute Gasteiger partial charge is 0.356 e. The lowest BCUT2D eigenvalue weighted by atomic mass is 9.90. The molecule has 0 fully saturated rings. The van der Waals surface area contributed by atoms with Crippen LogP contribution in [0.15, 0.2) is 47.5 Å². The van der Waals surface area contributed by atoms with Crippen molar-refractivity contribution in [1.82, 2.24) is 10.6 Å². The summed E-state index contributed by atoms with van der Waals surface area (Å²) in [6.45, 7) is 5.75. The predicted molar refractivity (Wildman–Crippen MR) is 127 cm³/mol. The third-order valence-corrected chi connectivity index (χ3v) is 5.03. The summed E-state index contributed by atoms with van der Waals surface area (Å²) < 4.78 is 0. The van der Waals surface area contributed by atoms with E-state index in [1.54, 1.807) is 7.05 Å². The number of benzene rings is 2. The third-order valence-electron chi connectivity index (χ3n) is 5.03. The number of anilines is 1. The van der Waals surface area contributed by atoms with Crippen LogP contribution in [0.4, 0.5) is 5.69 Å². The van der Waals surface area contributed by atoms with Crippen LogP contribution in [0.3, 0.4) is 0 Å². The number of guanidine groups is 1. The van der Waals surface area contributed by atoms with Crippen LogP contribution in [0.1, 0.15) is 34.6 Å². The van der Waals surface area contributed by atoms with Gasteiger partial charge in [-0.25, -0.2) is 0 Å². The summed E-state index contributed by atoms with van der Waals surface area (Å²) in [5, 5.41) is 9.68. The van der Waals surface area contributed by atoms with Gasteiger partial charge in [0.2, 0.25) is 5.91 Å². The second kappa shape index (κ2) is 10.5. The van der Waals surface area contributed by atoms with E-state index >= 15 is 0 Å². The molecule has 6 heteroatoms. The van der Waals surface area contributed by atoms with Crippen LogP contribution in [0.2, 0.25) is 0 Å². The number of rotatable bonds is 5. The summed E-state index contributed by atoms with van der Waals surface area (Å²) in [6.07, 6.45) is 1.44. The molecule has 0 saturated carbocycles. The van der Waals surface area contributed by atoms with Gasteiger partial charge >= 0.3 is 0 Å². The molecule has 3 N–H and O–H groups in total. The molecule has 1 aliphatic rings. The highest BCUT2D eigenvalue weighted by Crippen LogP contribution is 2.31. The Morgan fingerprint density at radius 2 is 1.96 bits per heavy atom. The number of carbonyl (C=O) groups excluding carboxylic acids is 1. The van der Waals surface area contributed by atoms with E-state index in [4.69, 9.17) is 0 Å². The van der Waals surface area contributed by atoms with Crippen LogP contribution in [-0.4, -0.2) is 32.0 Å². The zero-order valence-corrected chi connectivity index (χ0v) is 19.0. The molecule has 1 heterocycles. The topological polar surface area (TPSA) is 65.5 Å². The molecule has 5 nitrogen and oxygen atoms in total. The summed E-state index contributed by atoms with van der Waals surface area (Å²) in [5.74, 6) is 0.981. The SMILES string of the molecule is CN=C(NCCc1ccc(C)cc1C)NCC1CC(=O)Nc2ccccc21.I. The van der Waals surface area contributed by atoms with Crippen molar-refractivity contribution in [1.29, 1.82) is 0 Å². The van der Waals surface area contributed by atoms with Crippen molar-refractivity contribution in [2.24, 2.45) is 4.99 Å². The maximum Gasteiger partial charge on any atom is 0.225 e. The van der Waals surface area contributed by atoms with E-state index < -0.39 is 0 Å². The fourth-order valence-corrected chi connectivity index (χ4v) is 3.57. The van der Waals surface area contributed by atoms with E-state index in [0.29, 0.717) is 13.0 Å². The molecule has 0 radical (unpaired) electrons. The monoisotopic (exact) mass is 492 g/mol. The number of fused-ring (bicyclic) bond motifs is 1. The van der Waals surface area contributed by atoms with Gasteiger partial charge < -0.3 is 16.0 Å². The first-order valence-electron chi connectivity index (χ1n) is 9.46. The van der Waals surface area contributed by atoms with Gasteiger partial charge in [0.1, 0.15) is 0 Å². The quantitative estimate of drug-likeness (QED) is 0.339. The lowest BCUT2D eigenvalue weighted by Gasteiger charge is -2.26. The van der Waals surface area contributed by atoms with Gasteiger partial charge in [-0.1, -0.05) is 42.0 Å². The van der Waals surface area contributed by atoms with Gasteiger partial charge in [-0.05, 0) is 43.0 Å². The highest BCUT2D eigenvalue weighted by Gasteiger charge is 2.24. The summed E-state index contributed by atoms with van der Waals surface area (Å²) in [6, 6.07) is 14.6. The van der Waals surface area contributed by atoms with Crippen molar-refractivity contribution in [3.8, 4) is 0 Å². The number of para-hydroxylation sites is 1. The van der Waals surface area contributed by atoms with E-state index in [2.05, 4.69) is 59.1 Å². The molecule has 2 aromatic rings. The van der Waals surface area contributed by atoms with Gasteiger partial charge in [0.05, 0.1) is 0 Å². The lowest BCUT2D eigenvalue weighted by molar-refractivity contribution is -0.116. The smallest absolute Gasteiger partial charge is 0.225 e. The standard InChI is InChI=1S/C22H28N4O.HI/c1-15-8-9-17(16(2)12-15)10-11-24-22(23-3)25-14-18-13-21(27)26-20-7-5-4-6-19(18)20;/h4-9,12,18H,10-11,13-14H2,1-3H3,(H,26,27)(H2,23,24,25);1H. The van der Waals surface area contributed by atoms with E-state index in [0.717, 1.165) is 24.6 Å². The van der Waals surface area contributed by atoms with E-state index in [1.165, 1.54) is 22.3 Å². The number of halogens is 1. The Morgan fingerprint density at radius 3 is 2.71 bits per heavy atom. The predicted octanol–water partition coefficient (Wildman–Crippen LogP) is 3.75. The Morgan fingerprint density at radius 1 is 1.18 bits per heavy atom. The molecule has 1 amide bonds. The Balaban J connectivity index is 0.00000280. The fourth-order valence-electron chi connectivity index (χ4n) is 3.57. The van der Waals surface area contributed by atoms with E-state index in [9.17, 15) is 4.79 Å². The maximum absolute atomic E-state index is 12.0. The second-order valence-electron chi connectivity index (χ2n) is 7.10. The zero-order valence-electron chi connectivity index (χ0n) is 16.7. The minimum atomic E-state index is 0. The Bertz CT molecular complexity index is 850. The number of aliphatic imine (C=N–C) groups is 1. The summed E-state index contributed by atoms with van der Waals surface area (Å²) in [7, 11) is 1.77. The van der Waals surface area contributed by atoms with Crippen molar-refractivity contribution in [3.05, 3.63) is 64.7 Å². The first kappa shape index (κ1) is 22.2. The maximum atomic E-state index is 12.0. The number of hydrogen-bond donors (Lipinski definition) is 3. The average molecular weight is 492 g/mol. The van der Waals surface area contributed by atoms with Gasteiger partial charge in [-0.15, -0.1) is 24.0 Å². The van der Waals surface area contributed by atoms with Gasteiger partial charge in [0.15, 0.2) is 5.96 Å². The fraction of sp³-hybridized carbons (Fsp3) is 0.364. The molecule has 1 aliphatic heterocycles. The normalized spacial score (nSPS) is 15.9. The summed E-state index contributed by atoms with van der Waals surface area (Å²) in [5.41, 5.74) is 6.05. The number of amides is 1. The highest BCUT2D eigenvalue weighted by atomic mass is 127. The number of nitrogens with zero attached hydrogens (tertiary/aromatic N) is 1. The van der Waals surface area contributed by atoms with Crippen molar-refractivity contribution in [3.63, 3.8) is 0 Å². The Hall–Kier alpha value is -2.09. The first-order valence-corrected chi connectivity index (χ1v) is 9.46. The van der Waals surface area contributed by atoms with Crippen LogP contribution in [0.25, 0.3) is 0 Å². The molecule has 28 heavy (non-hydrogen) atoms. The number of nitrogens with one attached hydrogen (secondary N) is 3. The highest BCUT2D eigenvalue weighted by molar-refractivity contribution is 14.0. The summed E-state index contributed by atoms with van der Waals surface area (Å²) >= 11 is 0. The Kier molecular flexibility index (Phi) is 8.29. The zero-order chi connectivity index (χ0) is 19.2. The molecule has 0 spiro atoms. The molecule has 3 rings (SSSR count). The van der Waals surface area contributed by atoms with Crippen LogP contribution >= 0.6 is 24.0 Å². The van der Waals surface area contributed by atoms with Gasteiger partial charge in [-0.3, -0.25) is 9.79 Å². The molecule has 0 aromatic heterocycles. The third kappa shape index (κ3) is 5.70. The molecule has 0 saturated heterocycles. The number of carbonyl (C=O) groups is 1. The minimum absolute atomic E-state index is 0. The average Bonchev–Trinajstić information content (AvgIpc) is 2.65.